The van der Waals surface area contributed by atoms with Gasteiger partial charge in [0.25, 0.3) is 0 Å². The minimum Gasteiger partial charge on any atom is -0.506 e. The zero-order chi connectivity index (χ0) is 15.8. The summed E-state index contributed by atoms with van der Waals surface area (Å²) in [5, 5.41) is 23.5. The van der Waals surface area contributed by atoms with Gasteiger partial charge in [-0.05, 0) is 38.1 Å². The number of benzene rings is 1. The zero-order valence-corrected chi connectivity index (χ0v) is 12.4. The van der Waals surface area contributed by atoms with E-state index in [0.29, 0.717) is 5.69 Å². The largest absolute Gasteiger partial charge is 0.506 e. The molecule has 5 heteroatoms. The van der Waals surface area contributed by atoms with Gasteiger partial charge in [-0.1, -0.05) is 12.2 Å². The number of nitrogen functional groups attached to an aromatic ring is 1. The molecule has 1 aliphatic rings. The molecule has 2 rings (SSSR count). The van der Waals surface area contributed by atoms with Crippen molar-refractivity contribution in [2.24, 2.45) is 0 Å². The molecule has 0 amide bonds. The zero-order valence-electron chi connectivity index (χ0n) is 12.4. The Balaban J connectivity index is 0.000000235. The molecule has 0 aromatic heterocycles. The number of phenolic OH excluding ortho intramolecular Hbond substituents is 1. The van der Waals surface area contributed by atoms with E-state index in [1.807, 2.05) is 6.07 Å². The van der Waals surface area contributed by atoms with Crippen molar-refractivity contribution in [2.75, 3.05) is 23.7 Å². The van der Waals surface area contributed by atoms with Gasteiger partial charge >= 0.3 is 0 Å². The second kappa shape index (κ2) is 7.89. The number of phenols is 1. The number of anilines is 2. The van der Waals surface area contributed by atoms with Crippen molar-refractivity contribution in [3.05, 3.63) is 42.5 Å². The summed E-state index contributed by atoms with van der Waals surface area (Å²) in [7, 11) is 0. The third-order valence-corrected chi connectivity index (χ3v) is 3.07. The topological polar surface area (TPSA) is 97.2 Å². The monoisotopic (exact) mass is 286 g/mol. The number of allylic oxidation sites excluding steroid dienone is 4. The van der Waals surface area contributed by atoms with Crippen molar-refractivity contribution >= 4 is 22.8 Å². The molecule has 0 unspecified atom stereocenters. The van der Waals surface area contributed by atoms with Gasteiger partial charge < -0.3 is 15.7 Å². The molecule has 1 aromatic carbocycles. The standard InChI is InChI=1S/C10H16N2O.C6H6N2/c1-3-12(4-2)8-5-6-9(11)10(13)7-8;7-5-3-1-2-4-6(5)8/h5-7,13H,3-4,11H2,1-2H3;1-4,7-8H. The summed E-state index contributed by atoms with van der Waals surface area (Å²) in [6, 6.07) is 5.34. The number of rotatable bonds is 3. The van der Waals surface area contributed by atoms with Crippen LogP contribution in [0.15, 0.2) is 42.5 Å². The molecule has 0 bridgehead atoms. The molecule has 5 N–H and O–H groups in total. The number of aromatic hydroxyl groups is 1. The van der Waals surface area contributed by atoms with Crippen LogP contribution in [0.5, 0.6) is 5.75 Å². The Bertz CT molecular complexity index is 550. The Morgan fingerprint density at radius 3 is 1.95 bits per heavy atom. The van der Waals surface area contributed by atoms with E-state index in [1.165, 1.54) is 0 Å². The number of nitrogens with two attached hydrogens (primary N) is 1. The van der Waals surface area contributed by atoms with Crippen LogP contribution in [0.2, 0.25) is 0 Å². The SMILES string of the molecule is CCN(CC)c1ccc(N)c(O)c1.N=C1C=CC=CC1=N. The molecule has 21 heavy (non-hydrogen) atoms. The van der Waals surface area contributed by atoms with Crippen LogP contribution in [-0.4, -0.2) is 29.6 Å². The maximum atomic E-state index is 9.39. The second-order valence-corrected chi connectivity index (χ2v) is 4.46. The smallest absolute Gasteiger partial charge is 0.140 e. The highest BCUT2D eigenvalue weighted by molar-refractivity contribution is 6.48. The number of nitrogens with zero attached hydrogens (tertiary/aromatic N) is 1. The molecular weight excluding hydrogens is 264 g/mol. The summed E-state index contributed by atoms with van der Waals surface area (Å²) in [4.78, 5) is 2.15. The van der Waals surface area contributed by atoms with Gasteiger partial charge in [0.2, 0.25) is 0 Å². The van der Waals surface area contributed by atoms with E-state index < -0.39 is 0 Å². The van der Waals surface area contributed by atoms with Crippen molar-refractivity contribution < 1.29 is 5.11 Å². The van der Waals surface area contributed by atoms with Gasteiger partial charge in [0.05, 0.1) is 17.1 Å². The Labute approximate surface area is 125 Å². The fraction of sp³-hybridized carbons (Fsp3) is 0.250. The van der Waals surface area contributed by atoms with Crippen LogP contribution in [0.25, 0.3) is 0 Å². The average Bonchev–Trinajstić information content (AvgIpc) is 2.48. The third kappa shape index (κ3) is 4.80. The molecule has 1 aliphatic carbocycles. The fourth-order valence-corrected chi connectivity index (χ4v) is 1.80. The van der Waals surface area contributed by atoms with Crippen LogP contribution in [0.1, 0.15) is 13.8 Å². The third-order valence-electron chi connectivity index (χ3n) is 3.07. The van der Waals surface area contributed by atoms with Crippen molar-refractivity contribution in [3.63, 3.8) is 0 Å². The summed E-state index contributed by atoms with van der Waals surface area (Å²) in [5.41, 5.74) is 7.51. The second-order valence-electron chi connectivity index (χ2n) is 4.46. The number of nitrogens with one attached hydrogen (secondary N) is 2. The molecule has 0 fully saturated rings. The Kier molecular flexibility index (Phi) is 6.20. The van der Waals surface area contributed by atoms with Crippen molar-refractivity contribution in [1.82, 2.24) is 0 Å². The molecule has 0 heterocycles. The maximum Gasteiger partial charge on any atom is 0.140 e. The van der Waals surface area contributed by atoms with E-state index in [-0.39, 0.29) is 17.2 Å². The lowest BCUT2D eigenvalue weighted by molar-refractivity contribution is 0.478. The Hall–Kier alpha value is -2.56. The van der Waals surface area contributed by atoms with Crippen LogP contribution in [0, 0.1) is 10.8 Å². The molecule has 1 aromatic rings. The van der Waals surface area contributed by atoms with E-state index in [2.05, 4.69) is 18.7 Å². The van der Waals surface area contributed by atoms with Crippen LogP contribution in [0.4, 0.5) is 11.4 Å². The average molecular weight is 286 g/mol. The van der Waals surface area contributed by atoms with Crippen molar-refractivity contribution in [1.29, 1.82) is 10.8 Å². The van der Waals surface area contributed by atoms with Crippen LogP contribution < -0.4 is 10.6 Å². The van der Waals surface area contributed by atoms with Crippen molar-refractivity contribution in [2.45, 2.75) is 13.8 Å². The molecular formula is C16H22N4O. The van der Waals surface area contributed by atoms with Gasteiger partial charge in [-0.25, -0.2) is 0 Å². The molecule has 5 nitrogen and oxygen atoms in total. The Morgan fingerprint density at radius 2 is 1.57 bits per heavy atom. The van der Waals surface area contributed by atoms with Gasteiger partial charge in [0.1, 0.15) is 5.75 Å². The normalized spacial score (nSPS) is 12.9. The van der Waals surface area contributed by atoms with Gasteiger partial charge in [0, 0.05) is 24.8 Å². The van der Waals surface area contributed by atoms with E-state index >= 15 is 0 Å². The van der Waals surface area contributed by atoms with Crippen LogP contribution in [0.3, 0.4) is 0 Å². The first-order valence-electron chi connectivity index (χ1n) is 6.85. The number of hydrogen-bond acceptors (Lipinski definition) is 5. The maximum absolute atomic E-state index is 9.39. The lowest BCUT2D eigenvalue weighted by Gasteiger charge is -2.21. The first-order chi connectivity index (χ1) is 9.99. The van der Waals surface area contributed by atoms with Gasteiger partial charge in [-0.2, -0.15) is 0 Å². The molecule has 0 spiro atoms. The summed E-state index contributed by atoms with van der Waals surface area (Å²) >= 11 is 0. The lowest BCUT2D eigenvalue weighted by atomic mass is 10.1. The molecule has 0 saturated carbocycles. The molecule has 0 aliphatic heterocycles. The van der Waals surface area contributed by atoms with Crippen LogP contribution in [-0.2, 0) is 0 Å². The fourth-order valence-electron chi connectivity index (χ4n) is 1.80. The summed E-state index contributed by atoms with van der Waals surface area (Å²) in [6.07, 6.45) is 6.70. The van der Waals surface area contributed by atoms with E-state index in [4.69, 9.17) is 16.6 Å². The van der Waals surface area contributed by atoms with E-state index in [1.54, 1.807) is 36.4 Å². The predicted octanol–water partition coefficient (Wildman–Crippen LogP) is 2.97. The highest BCUT2D eigenvalue weighted by Crippen LogP contribution is 2.25. The van der Waals surface area contributed by atoms with E-state index in [9.17, 15) is 5.11 Å². The van der Waals surface area contributed by atoms with Crippen molar-refractivity contribution in [3.8, 4) is 5.75 Å². The molecule has 0 saturated heterocycles. The highest BCUT2D eigenvalue weighted by atomic mass is 16.3. The van der Waals surface area contributed by atoms with Gasteiger partial charge in [0.15, 0.2) is 0 Å². The van der Waals surface area contributed by atoms with Gasteiger partial charge in [-0.15, -0.1) is 0 Å². The quantitative estimate of drug-likeness (QED) is 0.390. The molecule has 0 atom stereocenters. The summed E-state index contributed by atoms with van der Waals surface area (Å²) in [6.45, 7) is 6.02. The predicted molar refractivity (Wildman–Crippen MR) is 89.8 cm³/mol. The first-order valence-corrected chi connectivity index (χ1v) is 6.85. The number of hydrogen-bond donors (Lipinski definition) is 4. The molecule has 0 radical (unpaired) electrons. The minimum absolute atomic E-state index is 0.157. The lowest BCUT2D eigenvalue weighted by Crippen LogP contribution is -2.21. The van der Waals surface area contributed by atoms with Crippen LogP contribution >= 0.6 is 0 Å². The highest BCUT2D eigenvalue weighted by Gasteiger charge is 2.03. The Morgan fingerprint density at radius 1 is 1.05 bits per heavy atom. The van der Waals surface area contributed by atoms with E-state index in [0.717, 1.165) is 18.8 Å². The van der Waals surface area contributed by atoms with Gasteiger partial charge in [-0.3, -0.25) is 10.8 Å². The molecule has 112 valence electrons. The minimum atomic E-state index is 0.157. The summed E-state index contributed by atoms with van der Waals surface area (Å²) < 4.78 is 0. The summed E-state index contributed by atoms with van der Waals surface area (Å²) in [5.74, 6) is 0.157. The first kappa shape index (κ1) is 16.5.